The summed E-state index contributed by atoms with van der Waals surface area (Å²) in [5.74, 6) is 6.00. The van der Waals surface area contributed by atoms with E-state index in [0.717, 1.165) is 9.60 Å². The van der Waals surface area contributed by atoms with E-state index in [9.17, 15) is 14.9 Å². The van der Waals surface area contributed by atoms with E-state index in [2.05, 4.69) is 21.7 Å². The first kappa shape index (κ1) is 20.8. The monoisotopic (exact) mass is 399 g/mol. The largest absolute Gasteiger partial charge is 0.340 e. The molecule has 9 heteroatoms. The minimum Gasteiger partial charge on any atom is -0.340 e. The normalized spacial score (nSPS) is 9.57. The third kappa shape index (κ3) is 4.62. The summed E-state index contributed by atoms with van der Waals surface area (Å²) in [5, 5.41) is 20.4. The zero-order chi connectivity index (χ0) is 20.7. The minimum atomic E-state index is -0.561. The van der Waals surface area contributed by atoms with Crippen LogP contribution in [0, 0.1) is 22.0 Å². The van der Waals surface area contributed by atoms with Crippen LogP contribution in [0.1, 0.15) is 24.4 Å². The lowest BCUT2D eigenvalue weighted by Crippen LogP contribution is -2.15. The Kier molecular flexibility index (Phi) is 7.03. The molecule has 0 aliphatic carbocycles. The molecule has 0 aliphatic rings. The number of amides is 1. The van der Waals surface area contributed by atoms with Crippen molar-refractivity contribution >= 4 is 39.3 Å². The van der Waals surface area contributed by atoms with Crippen molar-refractivity contribution in [1.29, 1.82) is 0 Å². The number of nitro benzene ring substituents is 1. The smallest absolute Gasteiger partial charge is 0.294 e. The lowest BCUT2D eigenvalue weighted by Gasteiger charge is -2.10. The van der Waals surface area contributed by atoms with Crippen molar-refractivity contribution in [3.8, 4) is 17.6 Å². The van der Waals surface area contributed by atoms with Gasteiger partial charge in [0.1, 0.15) is 5.69 Å². The minimum absolute atomic E-state index is 0.187. The molecule has 0 aliphatic heterocycles. The predicted octanol–water partition coefficient (Wildman–Crippen LogP) is 4.07. The van der Waals surface area contributed by atoms with Crippen LogP contribution in [0.2, 0.25) is 0 Å². The van der Waals surface area contributed by atoms with E-state index in [1.807, 2.05) is 13.8 Å². The van der Waals surface area contributed by atoms with Gasteiger partial charge in [-0.15, -0.1) is 11.3 Å². The van der Waals surface area contributed by atoms with Crippen LogP contribution in [-0.2, 0) is 4.79 Å². The highest BCUT2D eigenvalue weighted by Gasteiger charge is 2.17. The molecule has 0 atom stereocenters. The van der Waals surface area contributed by atoms with Gasteiger partial charge in [-0.1, -0.05) is 19.8 Å². The summed E-state index contributed by atoms with van der Waals surface area (Å²) in [6.45, 7) is 4.00. The fourth-order valence-electron chi connectivity index (χ4n) is 2.24. The lowest BCUT2D eigenvalue weighted by atomic mass is 10.1. The van der Waals surface area contributed by atoms with E-state index < -0.39 is 4.92 Å². The van der Waals surface area contributed by atoms with Gasteiger partial charge < -0.3 is 9.79 Å². The van der Waals surface area contributed by atoms with Crippen LogP contribution in [0.4, 0.5) is 11.4 Å². The molecule has 0 bridgehead atoms. The molecule has 0 fully saturated rings. The van der Waals surface area contributed by atoms with E-state index in [4.69, 9.17) is 5.26 Å². The van der Waals surface area contributed by atoms with Crippen molar-refractivity contribution in [3.63, 3.8) is 0 Å². The van der Waals surface area contributed by atoms with Gasteiger partial charge in [0.15, 0.2) is 10.8 Å². The van der Waals surface area contributed by atoms with Crippen LogP contribution in [0.3, 0.4) is 0 Å². The van der Waals surface area contributed by atoms with Gasteiger partial charge in [-0.25, -0.2) is 10.2 Å². The van der Waals surface area contributed by atoms with Crippen LogP contribution < -0.4 is 9.79 Å². The number of nitro groups is 1. The average molecular weight is 399 g/mol. The first-order valence-electron chi connectivity index (χ1n) is 8.22. The Morgan fingerprint density at radius 1 is 1.25 bits per heavy atom. The second-order valence-electron chi connectivity index (χ2n) is 5.17. The Morgan fingerprint density at radius 2 is 2.00 bits per heavy atom. The van der Waals surface area contributed by atoms with Crippen molar-refractivity contribution in [2.45, 2.75) is 13.8 Å². The number of aromatic nitrogens is 1. The maximum absolute atomic E-state index is 11.2. The van der Waals surface area contributed by atoms with Crippen molar-refractivity contribution in [3.05, 3.63) is 57.1 Å². The SMILES string of the molecule is CC.CN(C=O)c1ccc(C#Cc2nc3ccc(OO)cc3s2)cc1[N+](=O)[O-]. The Labute approximate surface area is 165 Å². The highest BCUT2D eigenvalue weighted by molar-refractivity contribution is 7.19. The Balaban J connectivity index is 0.00000136. The van der Waals surface area contributed by atoms with E-state index >= 15 is 0 Å². The number of nitrogens with zero attached hydrogens (tertiary/aromatic N) is 3. The molecule has 0 radical (unpaired) electrons. The van der Waals surface area contributed by atoms with Gasteiger partial charge in [0.2, 0.25) is 6.41 Å². The van der Waals surface area contributed by atoms with Gasteiger partial charge in [-0.05, 0) is 30.2 Å². The number of hydrogen-bond donors (Lipinski definition) is 1. The Hall–Kier alpha value is -3.48. The second kappa shape index (κ2) is 9.45. The number of carbonyl (C=O) groups excluding carboxylic acids is 1. The number of fused-ring (bicyclic) bond motifs is 1. The summed E-state index contributed by atoms with van der Waals surface area (Å²) >= 11 is 1.30. The van der Waals surface area contributed by atoms with E-state index in [0.29, 0.717) is 28.2 Å². The summed E-state index contributed by atoms with van der Waals surface area (Å²) in [7, 11) is 1.44. The van der Waals surface area contributed by atoms with Crippen LogP contribution in [-0.4, -0.2) is 28.6 Å². The van der Waals surface area contributed by atoms with Crippen LogP contribution in [0.15, 0.2) is 36.4 Å². The van der Waals surface area contributed by atoms with Gasteiger partial charge in [0.05, 0.1) is 15.1 Å². The molecule has 0 spiro atoms. The first-order valence-corrected chi connectivity index (χ1v) is 9.04. The summed E-state index contributed by atoms with van der Waals surface area (Å²) in [4.78, 5) is 31.2. The zero-order valence-electron chi connectivity index (χ0n) is 15.4. The Morgan fingerprint density at radius 3 is 2.64 bits per heavy atom. The van der Waals surface area contributed by atoms with Crippen molar-refractivity contribution < 1.29 is 19.9 Å². The highest BCUT2D eigenvalue weighted by atomic mass is 32.1. The number of hydrogen-bond acceptors (Lipinski definition) is 7. The molecule has 1 N–H and O–H groups in total. The van der Waals surface area contributed by atoms with E-state index in [1.54, 1.807) is 24.3 Å². The molecule has 1 aromatic heterocycles. The highest BCUT2D eigenvalue weighted by Crippen LogP contribution is 2.28. The molecule has 3 rings (SSSR count). The topological polar surface area (TPSA) is 106 Å². The second-order valence-corrected chi connectivity index (χ2v) is 6.20. The molecular formula is C19H17N3O5S. The molecule has 1 amide bonds. The number of anilines is 1. The van der Waals surface area contributed by atoms with Gasteiger partial charge in [-0.2, -0.15) is 0 Å². The van der Waals surface area contributed by atoms with Gasteiger partial charge in [0, 0.05) is 24.7 Å². The van der Waals surface area contributed by atoms with Gasteiger partial charge in [0.25, 0.3) is 5.69 Å². The van der Waals surface area contributed by atoms with Gasteiger partial charge >= 0.3 is 0 Å². The summed E-state index contributed by atoms with van der Waals surface area (Å²) in [6, 6.07) is 9.28. The standard InChI is InChI=1S/C17H11N3O5S.C2H6/c1-19(10-21)14-6-2-11(8-15(14)20(22)23)3-7-17-18-13-5-4-12(25-24)9-16(13)26-17;1-2/h2,4-6,8-10,24H,1H3;1-2H3. The number of rotatable bonds is 4. The third-order valence-electron chi connectivity index (χ3n) is 3.49. The summed E-state index contributed by atoms with van der Waals surface area (Å²) in [5.41, 5.74) is 1.11. The summed E-state index contributed by atoms with van der Waals surface area (Å²) < 4.78 is 0.787. The first-order chi connectivity index (χ1) is 13.5. The maximum atomic E-state index is 11.2. The van der Waals surface area contributed by atoms with Crippen LogP contribution >= 0.6 is 11.3 Å². The molecule has 0 saturated heterocycles. The van der Waals surface area contributed by atoms with Crippen molar-refractivity contribution in [2.24, 2.45) is 0 Å². The molecule has 0 saturated carbocycles. The fraction of sp³-hybridized carbons (Fsp3) is 0.158. The zero-order valence-corrected chi connectivity index (χ0v) is 16.2. The van der Waals surface area contributed by atoms with Crippen molar-refractivity contribution in [1.82, 2.24) is 4.98 Å². The van der Waals surface area contributed by atoms with Gasteiger partial charge in [-0.3, -0.25) is 14.9 Å². The van der Waals surface area contributed by atoms with Crippen LogP contribution in [0.25, 0.3) is 10.2 Å². The molecule has 3 aromatic rings. The average Bonchev–Trinajstić information content (AvgIpc) is 3.14. The van der Waals surface area contributed by atoms with E-state index in [-0.39, 0.29) is 11.4 Å². The molecule has 28 heavy (non-hydrogen) atoms. The fourth-order valence-corrected chi connectivity index (χ4v) is 3.09. The number of thiazole rings is 1. The quantitative estimate of drug-likeness (QED) is 0.233. The van der Waals surface area contributed by atoms with Crippen molar-refractivity contribution in [2.75, 3.05) is 11.9 Å². The molecule has 8 nitrogen and oxygen atoms in total. The number of carbonyl (C=O) groups is 1. The molecule has 2 aromatic carbocycles. The summed E-state index contributed by atoms with van der Waals surface area (Å²) in [6.07, 6.45) is 0.499. The Bertz CT molecular complexity index is 1070. The molecule has 0 unspecified atom stereocenters. The predicted molar refractivity (Wildman–Crippen MR) is 108 cm³/mol. The third-order valence-corrected chi connectivity index (χ3v) is 4.42. The van der Waals surface area contributed by atoms with E-state index in [1.165, 1.54) is 30.5 Å². The molecule has 144 valence electrons. The maximum Gasteiger partial charge on any atom is 0.294 e. The molecular weight excluding hydrogens is 382 g/mol. The lowest BCUT2D eigenvalue weighted by molar-refractivity contribution is -0.384. The van der Waals surface area contributed by atoms with Crippen LogP contribution in [0.5, 0.6) is 5.75 Å². The molecule has 1 heterocycles. The number of benzene rings is 2.